The normalized spacial score (nSPS) is 16.3. The summed E-state index contributed by atoms with van der Waals surface area (Å²) in [5, 5.41) is 2.92. The number of hydrogen-bond donors (Lipinski definition) is 1. The van der Waals surface area contributed by atoms with E-state index in [9.17, 15) is 14.4 Å². The second-order valence-electron chi connectivity index (χ2n) is 8.38. The van der Waals surface area contributed by atoms with Gasteiger partial charge in [-0.1, -0.05) is 25.1 Å². The molecule has 8 heteroatoms. The Balaban J connectivity index is 1.87. The Hall–Kier alpha value is -2.45. The van der Waals surface area contributed by atoms with E-state index in [4.69, 9.17) is 0 Å². The standard InChI is InChI=1S/C23H37N5O3/c1-6-19-10-7-8-11-20(19)24-21(29)16-26(5)23(31)18(2)28-13-9-12-27(14-15-28)17-22(30)25(3)4/h7-8,10-11,18H,6,9,12-17H2,1-5H3,(H,24,29)/t18-/m1/s1. The fourth-order valence-corrected chi connectivity index (χ4v) is 3.78. The van der Waals surface area contributed by atoms with Crippen LogP contribution in [0, 0.1) is 0 Å². The van der Waals surface area contributed by atoms with E-state index in [0.717, 1.165) is 50.3 Å². The third-order valence-electron chi connectivity index (χ3n) is 5.82. The van der Waals surface area contributed by atoms with E-state index in [-0.39, 0.29) is 30.3 Å². The highest BCUT2D eigenvalue weighted by molar-refractivity contribution is 5.95. The van der Waals surface area contributed by atoms with Crippen LogP contribution in [0.2, 0.25) is 0 Å². The van der Waals surface area contributed by atoms with Crippen LogP contribution < -0.4 is 5.32 Å². The highest BCUT2D eigenvalue weighted by atomic mass is 16.2. The summed E-state index contributed by atoms with van der Waals surface area (Å²) in [7, 11) is 5.20. The molecule has 0 aromatic heterocycles. The lowest BCUT2D eigenvalue weighted by molar-refractivity contribution is -0.137. The Morgan fingerprint density at radius 2 is 1.77 bits per heavy atom. The van der Waals surface area contributed by atoms with Gasteiger partial charge in [0.25, 0.3) is 0 Å². The van der Waals surface area contributed by atoms with E-state index in [2.05, 4.69) is 15.1 Å². The van der Waals surface area contributed by atoms with Crippen molar-refractivity contribution in [2.75, 3.05) is 65.7 Å². The Kier molecular flexibility index (Phi) is 9.45. The van der Waals surface area contributed by atoms with Gasteiger partial charge in [0, 0.05) is 46.5 Å². The molecule has 3 amide bonds. The van der Waals surface area contributed by atoms with Crippen LogP contribution in [0.15, 0.2) is 24.3 Å². The number of rotatable bonds is 8. The number of nitrogens with zero attached hydrogens (tertiary/aromatic N) is 4. The summed E-state index contributed by atoms with van der Waals surface area (Å²) in [6, 6.07) is 7.39. The van der Waals surface area contributed by atoms with Gasteiger partial charge in [-0.2, -0.15) is 0 Å². The lowest BCUT2D eigenvalue weighted by Gasteiger charge is -2.30. The van der Waals surface area contributed by atoms with Crippen molar-refractivity contribution in [3.05, 3.63) is 29.8 Å². The predicted molar refractivity (Wildman–Crippen MR) is 123 cm³/mol. The molecule has 2 rings (SSSR count). The summed E-state index contributed by atoms with van der Waals surface area (Å²) in [5.74, 6) is -0.182. The molecule has 0 saturated carbocycles. The molecule has 8 nitrogen and oxygen atoms in total. The lowest BCUT2D eigenvalue weighted by atomic mass is 10.1. The van der Waals surface area contributed by atoms with Crippen molar-refractivity contribution in [1.29, 1.82) is 0 Å². The molecule has 31 heavy (non-hydrogen) atoms. The van der Waals surface area contributed by atoms with E-state index in [1.54, 1.807) is 26.0 Å². The van der Waals surface area contributed by atoms with Gasteiger partial charge in [0.2, 0.25) is 17.7 Å². The molecule has 1 atom stereocenters. The number of amides is 3. The lowest BCUT2D eigenvalue weighted by Crippen LogP contribution is -2.49. The highest BCUT2D eigenvalue weighted by Crippen LogP contribution is 2.15. The topological polar surface area (TPSA) is 76.2 Å². The number of likely N-dealkylation sites (N-methyl/N-ethyl adjacent to an activating group) is 2. The minimum absolute atomic E-state index is 0.0124. The Morgan fingerprint density at radius 1 is 1.06 bits per heavy atom. The second kappa shape index (κ2) is 11.8. The third-order valence-corrected chi connectivity index (χ3v) is 5.82. The average Bonchev–Trinajstić information content (AvgIpc) is 2.98. The zero-order valence-electron chi connectivity index (χ0n) is 19.6. The van der Waals surface area contributed by atoms with Crippen LogP contribution in [-0.4, -0.2) is 104 Å². The van der Waals surface area contributed by atoms with Gasteiger partial charge in [-0.15, -0.1) is 0 Å². The van der Waals surface area contributed by atoms with E-state index in [0.29, 0.717) is 6.54 Å². The fraction of sp³-hybridized carbons (Fsp3) is 0.609. The first kappa shape index (κ1) is 24.8. The van der Waals surface area contributed by atoms with Gasteiger partial charge in [0.1, 0.15) is 0 Å². The van der Waals surface area contributed by atoms with Crippen molar-refractivity contribution in [3.8, 4) is 0 Å². The average molecular weight is 432 g/mol. The van der Waals surface area contributed by atoms with Crippen LogP contribution in [0.5, 0.6) is 0 Å². The molecule has 0 unspecified atom stereocenters. The summed E-state index contributed by atoms with van der Waals surface area (Å²) >= 11 is 0. The molecule has 1 aromatic carbocycles. The number of carbonyl (C=O) groups excluding carboxylic acids is 3. The van der Waals surface area contributed by atoms with Crippen molar-refractivity contribution >= 4 is 23.4 Å². The van der Waals surface area contributed by atoms with Crippen LogP contribution in [0.4, 0.5) is 5.69 Å². The SMILES string of the molecule is CCc1ccccc1NC(=O)CN(C)C(=O)[C@@H](C)N1CCCN(CC(=O)N(C)C)CC1. The van der Waals surface area contributed by atoms with Crippen LogP contribution in [0.1, 0.15) is 25.8 Å². The molecule has 0 aliphatic carbocycles. The number of anilines is 1. The maximum Gasteiger partial charge on any atom is 0.243 e. The highest BCUT2D eigenvalue weighted by Gasteiger charge is 2.27. The number of para-hydroxylation sites is 1. The Bertz CT molecular complexity index is 767. The molecule has 1 aromatic rings. The molecular formula is C23H37N5O3. The van der Waals surface area contributed by atoms with Crippen LogP contribution in [-0.2, 0) is 20.8 Å². The van der Waals surface area contributed by atoms with Crippen molar-refractivity contribution in [2.45, 2.75) is 32.7 Å². The molecule has 0 radical (unpaired) electrons. The van der Waals surface area contributed by atoms with Crippen molar-refractivity contribution < 1.29 is 14.4 Å². The maximum atomic E-state index is 12.9. The monoisotopic (exact) mass is 431 g/mol. The molecular weight excluding hydrogens is 394 g/mol. The van der Waals surface area contributed by atoms with Crippen LogP contribution in [0.25, 0.3) is 0 Å². The molecule has 0 bridgehead atoms. The van der Waals surface area contributed by atoms with Crippen LogP contribution in [0.3, 0.4) is 0 Å². The van der Waals surface area contributed by atoms with Gasteiger partial charge in [0.15, 0.2) is 0 Å². The minimum atomic E-state index is -0.315. The third kappa shape index (κ3) is 7.33. The predicted octanol–water partition coefficient (Wildman–Crippen LogP) is 1.13. The molecule has 1 heterocycles. The van der Waals surface area contributed by atoms with E-state index >= 15 is 0 Å². The van der Waals surface area contributed by atoms with Gasteiger partial charge >= 0.3 is 0 Å². The summed E-state index contributed by atoms with van der Waals surface area (Å²) in [5.41, 5.74) is 1.86. The minimum Gasteiger partial charge on any atom is -0.348 e. The van der Waals surface area contributed by atoms with Gasteiger partial charge in [0.05, 0.1) is 19.1 Å². The molecule has 1 aliphatic heterocycles. The van der Waals surface area contributed by atoms with E-state index in [1.807, 2.05) is 38.1 Å². The zero-order chi connectivity index (χ0) is 23.0. The molecule has 1 aliphatic rings. The van der Waals surface area contributed by atoms with E-state index < -0.39 is 0 Å². The number of benzene rings is 1. The van der Waals surface area contributed by atoms with Crippen molar-refractivity contribution in [3.63, 3.8) is 0 Å². The van der Waals surface area contributed by atoms with Gasteiger partial charge in [-0.3, -0.25) is 24.2 Å². The van der Waals surface area contributed by atoms with Gasteiger partial charge in [-0.25, -0.2) is 0 Å². The van der Waals surface area contributed by atoms with Crippen molar-refractivity contribution in [2.24, 2.45) is 0 Å². The summed E-state index contributed by atoms with van der Waals surface area (Å²) in [6.07, 6.45) is 1.73. The summed E-state index contributed by atoms with van der Waals surface area (Å²) in [6.45, 7) is 7.45. The van der Waals surface area contributed by atoms with E-state index in [1.165, 1.54) is 4.90 Å². The van der Waals surface area contributed by atoms with Crippen molar-refractivity contribution in [1.82, 2.24) is 19.6 Å². The molecule has 1 saturated heterocycles. The first-order valence-corrected chi connectivity index (χ1v) is 11.0. The first-order chi connectivity index (χ1) is 14.7. The largest absolute Gasteiger partial charge is 0.348 e. The van der Waals surface area contributed by atoms with Gasteiger partial charge < -0.3 is 15.1 Å². The number of aryl methyl sites for hydroxylation is 1. The molecule has 1 fully saturated rings. The molecule has 0 spiro atoms. The molecule has 172 valence electrons. The number of hydrogen-bond acceptors (Lipinski definition) is 5. The zero-order valence-corrected chi connectivity index (χ0v) is 19.6. The Labute approximate surface area is 186 Å². The number of nitrogens with one attached hydrogen (secondary N) is 1. The molecule has 1 N–H and O–H groups in total. The maximum absolute atomic E-state index is 12.9. The first-order valence-electron chi connectivity index (χ1n) is 11.0. The quantitative estimate of drug-likeness (QED) is 0.668. The van der Waals surface area contributed by atoms with Crippen LogP contribution >= 0.6 is 0 Å². The Morgan fingerprint density at radius 3 is 2.45 bits per heavy atom. The van der Waals surface area contributed by atoms with Gasteiger partial charge in [-0.05, 0) is 37.9 Å². The smallest absolute Gasteiger partial charge is 0.243 e. The second-order valence-corrected chi connectivity index (χ2v) is 8.38. The summed E-state index contributed by atoms with van der Waals surface area (Å²) < 4.78 is 0. The number of carbonyl (C=O) groups is 3. The summed E-state index contributed by atoms with van der Waals surface area (Å²) in [4.78, 5) is 44.8. The fourth-order valence-electron chi connectivity index (χ4n) is 3.78.